The van der Waals surface area contributed by atoms with E-state index in [-0.39, 0.29) is 11.9 Å². The highest BCUT2D eigenvalue weighted by atomic mass is 16.2. The SMILES string of the molecule is O=C1CC2C=Cc3ccccc3N2N1. The maximum absolute atomic E-state index is 11.2. The van der Waals surface area contributed by atoms with Crippen molar-refractivity contribution in [3.05, 3.63) is 35.9 Å². The molecule has 0 radical (unpaired) electrons. The standard InChI is InChI=1S/C11H10N2O/c14-11-7-9-6-5-8-3-1-2-4-10(8)13(9)12-11/h1-6,9H,7H2,(H,12,14). The van der Waals surface area contributed by atoms with Crippen molar-refractivity contribution < 1.29 is 4.79 Å². The lowest BCUT2D eigenvalue weighted by molar-refractivity contribution is -0.119. The molecule has 3 heteroatoms. The first-order valence-corrected chi connectivity index (χ1v) is 4.70. The second kappa shape index (κ2) is 2.61. The molecule has 1 amide bonds. The van der Waals surface area contributed by atoms with Crippen LogP contribution in [0.1, 0.15) is 12.0 Å². The van der Waals surface area contributed by atoms with E-state index in [1.807, 2.05) is 29.3 Å². The molecule has 1 N–H and O–H groups in total. The van der Waals surface area contributed by atoms with Crippen molar-refractivity contribution >= 4 is 17.7 Å². The summed E-state index contributed by atoms with van der Waals surface area (Å²) >= 11 is 0. The van der Waals surface area contributed by atoms with Gasteiger partial charge in [-0.1, -0.05) is 30.4 Å². The topological polar surface area (TPSA) is 32.3 Å². The maximum Gasteiger partial charge on any atom is 0.240 e. The van der Waals surface area contributed by atoms with Crippen LogP contribution in [0.15, 0.2) is 30.3 Å². The summed E-state index contributed by atoms with van der Waals surface area (Å²) in [5.74, 6) is 0.0938. The van der Waals surface area contributed by atoms with Crippen LogP contribution in [0.3, 0.4) is 0 Å². The number of hydrazine groups is 1. The van der Waals surface area contributed by atoms with E-state index in [1.54, 1.807) is 0 Å². The fourth-order valence-electron chi connectivity index (χ4n) is 2.00. The highest BCUT2D eigenvalue weighted by Crippen LogP contribution is 2.30. The normalized spacial score (nSPS) is 23.0. The Balaban J connectivity index is 2.11. The fourth-order valence-corrected chi connectivity index (χ4v) is 2.00. The lowest BCUT2D eigenvalue weighted by atomic mass is 10.0. The van der Waals surface area contributed by atoms with E-state index >= 15 is 0 Å². The Morgan fingerprint density at radius 3 is 3.14 bits per heavy atom. The van der Waals surface area contributed by atoms with Crippen LogP contribution < -0.4 is 10.4 Å². The zero-order valence-electron chi connectivity index (χ0n) is 7.60. The predicted molar refractivity (Wildman–Crippen MR) is 54.5 cm³/mol. The Morgan fingerprint density at radius 2 is 2.21 bits per heavy atom. The van der Waals surface area contributed by atoms with Gasteiger partial charge >= 0.3 is 0 Å². The van der Waals surface area contributed by atoms with Gasteiger partial charge in [0.15, 0.2) is 0 Å². The third-order valence-electron chi connectivity index (χ3n) is 2.67. The van der Waals surface area contributed by atoms with Gasteiger partial charge in [-0.2, -0.15) is 0 Å². The van der Waals surface area contributed by atoms with E-state index in [9.17, 15) is 4.79 Å². The van der Waals surface area contributed by atoms with E-state index in [4.69, 9.17) is 0 Å². The third kappa shape index (κ3) is 0.954. The molecule has 3 rings (SSSR count). The number of fused-ring (bicyclic) bond motifs is 3. The number of benzene rings is 1. The molecular weight excluding hydrogens is 176 g/mol. The summed E-state index contributed by atoms with van der Waals surface area (Å²) in [6, 6.07) is 8.25. The zero-order valence-corrected chi connectivity index (χ0v) is 7.60. The minimum Gasteiger partial charge on any atom is -0.278 e. The number of carbonyl (C=O) groups is 1. The largest absolute Gasteiger partial charge is 0.278 e. The number of carbonyl (C=O) groups excluding carboxylic acids is 1. The number of amides is 1. The van der Waals surface area contributed by atoms with Crippen molar-refractivity contribution in [3.8, 4) is 0 Å². The molecule has 1 saturated heterocycles. The maximum atomic E-state index is 11.2. The summed E-state index contributed by atoms with van der Waals surface area (Å²) in [6.45, 7) is 0. The summed E-state index contributed by atoms with van der Waals surface area (Å²) in [5.41, 5.74) is 5.10. The highest BCUT2D eigenvalue weighted by Gasteiger charge is 2.31. The summed E-state index contributed by atoms with van der Waals surface area (Å²) in [4.78, 5) is 11.2. The van der Waals surface area contributed by atoms with Crippen LogP contribution in [0.4, 0.5) is 5.69 Å². The molecule has 1 atom stereocenters. The van der Waals surface area contributed by atoms with Crippen molar-refractivity contribution in [2.45, 2.75) is 12.5 Å². The Kier molecular flexibility index (Phi) is 1.42. The van der Waals surface area contributed by atoms with Crippen molar-refractivity contribution in [1.82, 2.24) is 5.43 Å². The van der Waals surface area contributed by atoms with E-state index in [0.717, 1.165) is 11.3 Å². The van der Waals surface area contributed by atoms with Gasteiger partial charge in [0, 0.05) is 0 Å². The van der Waals surface area contributed by atoms with Gasteiger partial charge in [-0.25, -0.2) is 0 Å². The lowest BCUT2D eigenvalue weighted by Gasteiger charge is -2.28. The van der Waals surface area contributed by atoms with Gasteiger partial charge in [0.25, 0.3) is 0 Å². The monoisotopic (exact) mass is 186 g/mol. The van der Waals surface area contributed by atoms with Crippen LogP contribution in [0.5, 0.6) is 0 Å². The number of rotatable bonds is 0. The van der Waals surface area contributed by atoms with Gasteiger partial charge in [0.05, 0.1) is 18.2 Å². The Morgan fingerprint density at radius 1 is 1.36 bits per heavy atom. The molecule has 70 valence electrons. The van der Waals surface area contributed by atoms with Gasteiger partial charge in [0.2, 0.25) is 5.91 Å². The number of hydrogen-bond donors (Lipinski definition) is 1. The molecule has 1 aromatic rings. The van der Waals surface area contributed by atoms with E-state index < -0.39 is 0 Å². The number of nitrogens with one attached hydrogen (secondary N) is 1. The van der Waals surface area contributed by atoms with Gasteiger partial charge < -0.3 is 0 Å². The molecule has 1 aromatic carbocycles. The van der Waals surface area contributed by atoms with Crippen LogP contribution in [-0.2, 0) is 4.79 Å². The van der Waals surface area contributed by atoms with Crippen LogP contribution in [0.25, 0.3) is 6.08 Å². The highest BCUT2D eigenvalue weighted by molar-refractivity contribution is 5.86. The number of anilines is 1. The van der Waals surface area contributed by atoms with Gasteiger partial charge in [-0.05, 0) is 11.6 Å². The summed E-state index contributed by atoms with van der Waals surface area (Å²) in [5, 5.41) is 1.94. The lowest BCUT2D eigenvalue weighted by Crippen LogP contribution is -2.39. The average molecular weight is 186 g/mol. The van der Waals surface area contributed by atoms with Crippen molar-refractivity contribution in [2.75, 3.05) is 5.01 Å². The van der Waals surface area contributed by atoms with Crippen LogP contribution in [-0.4, -0.2) is 11.9 Å². The van der Waals surface area contributed by atoms with Gasteiger partial charge in [-0.15, -0.1) is 0 Å². The van der Waals surface area contributed by atoms with E-state index in [1.165, 1.54) is 0 Å². The van der Waals surface area contributed by atoms with E-state index in [0.29, 0.717) is 6.42 Å². The van der Waals surface area contributed by atoms with Crippen molar-refractivity contribution in [1.29, 1.82) is 0 Å². The molecule has 0 aliphatic carbocycles. The van der Waals surface area contributed by atoms with E-state index in [2.05, 4.69) is 17.6 Å². The number of hydrogen-bond acceptors (Lipinski definition) is 2. The zero-order chi connectivity index (χ0) is 9.54. The molecule has 0 bridgehead atoms. The minimum atomic E-state index is 0.0938. The number of para-hydroxylation sites is 1. The minimum absolute atomic E-state index is 0.0938. The predicted octanol–water partition coefficient (Wildman–Crippen LogP) is 1.32. The second-order valence-corrected chi connectivity index (χ2v) is 3.59. The molecule has 0 spiro atoms. The smallest absolute Gasteiger partial charge is 0.240 e. The first-order chi connectivity index (χ1) is 6.84. The molecule has 2 aliphatic heterocycles. The average Bonchev–Trinajstić information content (AvgIpc) is 2.59. The van der Waals surface area contributed by atoms with Crippen LogP contribution in [0.2, 0.25) is 0 Å². The van der Waals surface area contributed by atoms with Crippen LogP contribution >= 0.6 is 0 Å². The molecule has 14 heavy (non-hydrogen) atoms. The summed E-state index contributed by atoms with van der Waals surface area (Å²) < 4.78 is 0. The molecule has 3 nitrogen and oxygen atoms in total. The fraction of sp³-hybridized carbons (Fsp3) is 0.182. The first kappa shape index (κ1) is 7.62. The summed E-state index contributed by atoms with van der Waals surface area (Å²) in [7, 11) is 0. The molecule has 0 aromatic heterocycles. The number of nitrogens with zero attached hydrogens (tertiary/aromatic N) is 1. The molecule has 0 saturated carbocycles. The molecule has 1 fully saturated rings. The molecule has 2 heterocycles. The Labute approximate surface area is 82.0 Å². The Hall–Kier alpha value is -1.77. The van der Waals surface area contributed by atoms with Crippen molar-refractivity contribution in [3.63, 3.8) is 0 Å². The molecular formula is C11H10N2O. The van der Waals surface area contributed by atoms with Gasteiger partial charge in [0.1, 0.15) is 0 Å². The molecule has 1 unspecified atom stereocenters. The first-order valence-electron chi connectivity index (χ1n) is 4.70. The summed E-state index contributed by atoms with van der Waals surface area (Å²) in [6.07, 6.45) is 4.71. The third-order valence-corrected chi connectivity index (χ3v) is 2.67. The van der Waals surface area contributed by atoms with Crippen LogP contribution in [0, 0.1) is 0 Å². The quantitative estimate of drug-likeness (QED) is 0.662. The second-order valence-electron chi connectivity index (χ2n) is 3.59. The molecule has 2 aliphatic rings. The Bertz CT molecular complexity index is 425. The van der Waals surface area contributed by atoms with Crippen molar-refractivity contribution in [2.24, 2.45) is 0 Å². The van der Waals surface area contributed by atoms with Gasteiger partial charge in [-0.3, -0.25) is 15.2 Å².